The molecule has 1 unspecified atom stereocenters. The van der Waals surface area contributed by atoms with Crippen LogP contribution in [0.3, 0.4) is 0 Å². The summed E-state index contributed by atoms with van der Waals surface area (Å²) in [7, 11) is 0. The van der Waals surface area contributed by atoms with Crippen molar-refractivity contribution in [3.63, 3.8) is 0 Å². The third-order valence-corrected chi connectivity index (χ3v) is 2.42. The number of halogens is 2. The Morgan fingerprint density at radius 2 is 1.92 bits per heavy atom. The molecule has 0 saturated heterocycles. The molecule has 0 fully saturated rings. The Morgan fingerprint density at radius 3 is 2.46 bits per heavy atom. The summed E-state index contributed by atoms with van der Waals surface area (Å²) >= 11 is 0. The Bertz CT molecular complexity index is 305. The average Bonchev–Trinajstić information content (AvgIpc) is 2.12. The van der Waals surface area contributed by atoms with Crippen molar-refractivity contribution in [3.05, 3.63) is 34.9 Å². The van der Waals surface area contributed by atoms with Gasteiger partial charge in [-0.1, -0.05) is 19.9 Å². The fourth-order valence-corrected chi connectivity index (χ4v) is 1.33. The molecule has 0 aromatic heterocycles. The molecule has 0 nitrogen and oxygen atoms in total. The molecule has 0 aliphatic rings. The minimum atomic E-state index is -0.433. The Kier molecular flexibility index (Phi) is 3.02. The van der Waals surface area contributed by atoms with E-state index in [4.69, 9.17) is 0 Å². The van der Waals surface area contributed by atoms with E-state index in [1.165, 1.54) is 12.1 Å². The summed E-state index contributed by atoms with van der Waals surface area (Å²) in [5.41, 5.74) is 0.735. The third-order valence-electron chi connectivity index (χ3n) is 2.42. The monoisotopic (exact) mass is 184 g/mol. The van der Waals surface area contributed by atoms with Crippen molar-refractivity contribution in [2.24, 2.45) is 0 Å². The predicted octanol–water partition coefficient (Wildman–Crippen LogP) is 3.79. The molecular formula is C11H14F2. The van der Waals surface area contributed by atoms with Gasteiger partial charge in [0.1, 0.15) is 11.6 Å². The van der Waals surface area contributed by atoms with Gasteiger partial charge in [-0.05, 0) is 30.9 Å². The SMILES string of the molecule is CCC(C)c1c(F)ccc(C)c1F. The lowest BCUT2D eigenvalue weighted by atomic mass is 9.96. The summed E-state index contributed by atoms with van der Waals surface area (Å²) in [6.07, 6.45) is 0.747. The Morgan fingerprint density at radius 1 is 1.31 bits per heavy atom. The fourth-order valence-electron chi connectivity index (χ4n) is 1.33. The van der Waals surface area contributed by atoms with Crippen LogP contribution in [0.1, 0.15) is 37.3 Å². The summed E-state index contributed by atoms with van der Waals surface area (Å²) in [5.74, 6) is -0.883. The van der Waals surface area contributed by atoms with E-state index in [0.717, 1.165) is 6.42 Å². The molecule has 1 aromatic rings. The lowest BCUT2D eigenvalue weighted by Gasteiger charge is -2.12. The zero-order chi connectivity index (χ0) is 10.0. The lowest BCUT2D eigenvalue weighted by Crippen LogP contribution is -2.02. The maximum absolute atomic E-state index is 13.5. The van der Waals surface area contributed by atoms with Crippen LogP contribution in [0.25, 0.3) is 0 Å². The topological polar surface area (TPSA) is 0 Å². The van der Waals surface area contributed by atoms with Crippen molar-refractivity contribution in [3.8, 4) is 0 Å². The predicted molar refractivity (Wildman–Crippen MR) is 49.8 cm³/mol. The van der Waals surface area contributed by atoms with Crippen LogP contribution in [0.15, 0.2) is 12.1 Å². The van der Waals surface area contributed by atoms with Gasteiger partial charge < -0.3 is 0 Å². The Labute approximate surface area is 77.6 Å². The van der Waals surface area contributed by atoms with Crippen LogP contribution >= 0.6 is 0 Å². The first-order valence-corrected chi connectivity index (χ1v) is 4.52. The van der Waals surface area contributed by atoms with E-state index in [9.17, 15) is 8.78 Å². The van der Waals surface area contributed by atoms with E-state index in [0.29, 0.717) is 5.56 Å². The quantitative estimate of drug-likeness (QED) is 0.656. The largest absolute Gasteiger partial charge is 0.207 e. The molecule has 13 heavy (non-hydrogen) atoms. The highest BCUT2D eigenvalue weighted by Crippen LogP contribution is 2.26. The summed E-state index contributed by atoms with van der Waals surface area (Å²) in [6, 6.07) is 2.80. The molecule has 0 spiro atoms. The number of hydrogen-bond acceptors (Lipinski definition) is 0. The number of benzene rings is 1. The third kappa shape index (κ3) is 1.87. The van der Waals surface area contributed by atoms with E-state index >= 15 is 0 Å². The highest BCUT2D eigenvalue weighted by Gasteiger charge is 2.15. The fraction of sp³-hybridized carbons (Fsp3) is 0.455. The van der Waals surface area contributed by atoms with Gasteiger partial charge in [-0.25, -0.2) is 8.78 Å². The van der Waals surface area contributed by atoms with Crippen LogP contribution < -0.4 is 0 Å². The molecule has 72 valence electrons. The summed E-state index contributed by atoms with van der Waals surface area (Å²) in [6.45, 7) is 5.41. The van der Waals surface area contributed by atoms with Crippen LogP contribution in [-0.4, -0.2) is 0 Å². The van der Waals surface area contributed by atoms with Gasteiger partial charge in [0.2, 0.25) is 0 Å². The Hall–Kier alpha value is -0.920. The molecule has 0 N–H and O–H groups in total. The lowest BCUT2D eigenvalue weighted by molar-refractivity contribution is 0.523. The van der Waals surface area contributed by atoms with Crippen molar-refractivity contribution in [2.75, 3.05) is 0 Å². The molecule has 0 aliphatic carbocycles. The van der Waals surface area contributed by atoms with Gasteiger partial charge in [0.25, 0.3) is 0 Å². The highest BCUT2D eigenvalue weighted by molar-refractivity contribution is 5.29. The van der Waals surface area contributed by atoms with E-state index < -0.39 is 11.6 Å². The van der Waals surface area contributed by atoms with E-state index in [1.807, 2.05) is 13.8 Å². The zero-order valence-corrected chi connectivity index (χ0v) is 8.20. The van der Waals surface area contributed by atoms with Crippen LogP contribution in [0, 0.1) is 18.6 Å². The van der Waals surface area contributed by atoms with Crippen molar-refractivity contribution in [1.29, 1.82) is 0 Å². The minimum absolute atomic E-state index is 0.0556. The van der Waals surface area contributed by atoms with Crippen LogP contribution in [-0.2, 0) is 0 Å². The van der Waals surface area contributed by atoms with Gasteiger partial charge in [0.15, 0.2) is 0 Å². The van der Waals surface area contributed by atoms with Crippen molar-refractivity contribution >= 4 is 0 Å². The normalized spacial score (nSPS) is 13.0. The molecule has 0 radical (unpaired) electrons. The standard InChI is InChI=1S/C11H14F2/c1-4-7(2)10-9(12)6-5-8(3)11(10)13/h5-7H,4H2,1-3H3. The van der Waals surface area contributed by atoms with E-state index in [2.05, 4.69) is 0 Å². The van der Waals surface area contributed by atoms with Crippen LogP contribution in [0.4, 0.5) is 8.78 Å². The second-order valence-electron chi connectivity index (χ2n) is 3.40. The molecule has 2 heteroatoms. The van der Waals surface area contributed by atoms with Gasteiger partial charge in [0.05, 0.1) is 0 Å². The summed E-state index contributed by atoms with van der Waals surface area (Å²) in [5, 5.41) is 0. The summed E-state index contributed by atoms with van der Waals surface area (Å²) in [4.78, 5) is 0. The van der Waals surface area contributed by atoms with Gasteiger partial charge in [0, 0.05) is 5.56 Å². The first-order valence-electron chi connectivity index (χ1n) is 4.52. The highest BCUT2D eigenvalue weighted by atomic mass is 19.1. The number of aryl methyl sites for hydroxylation is 1. The summed E-state index contributed by atoms with van der Waals surface area (Å²) < 4.78 is 26.7. The maximum Gasteiger partial charge on any atom is 0.132 e. The molecule has 0 saturated carbocycles. The minimum Gasteiger partial charge on any atom is -0.207 e. The van der Waals surface area contributed by atoms with Gasteiger partial charge in [-0.3, -0.25) is 0 Å². The molecule has 1 atom stereocenters. The molecule has 1 rings (SSSR count). The number of rotatable bonds is 2. The number of hydrogen-bond donors (Lipinski definition) is 0. The molecule has 0 amide bonds. The average molecular weight is 184 g/mol. The van der Waals surface area contributed by atoms with Gasteiger partial charge >= 0.3 is 0 Å². The maximum atomic E-state index is 13.5. The molecular weight excluding hydrogens is 170 g/mol. The van der Waals surface area contributed by atoms with Crippen molar-refractivity contribution in [1.82, 2.24) is 0 Å². The van der Waals surface area contributed by atoms with Crippen molar-refractivity contribution < 1.29 is 8.78 Å². The van der Waals surface area contributed by atoms with Gasteiger partial charge in [-0.2, -0.15) is 0 Å². The van der Waals surface area contributed by atoms with E-state index in [-0.39, 0.29) is 11.5 Å². The molecule has 0 aliphatic heterocycles. The smallest absolute Gasteiger partial charge is 0.132 e. The zero-order valence-electron chi connectivity index (χ0n) is 8.20. The molecule has 0 bridgehead atoms. The van der Waals surface area contributed by atoms with Crippen LogP contribution in [0.2, 0.25) is 0 Å². The second-order valence-corrected chi connectivity index (χ2v) is 3.40. The van der Waals surface area contributed by atoms with Crippen molar-refractivity contribution in [2.45, 2.75) is 33.1 Å². The van der Waals surface area contributed by atoms with Crippen LogP contribution in [0.5, 0.6) is 0 Å². The van der Waals surface area contributed by atoms with E-state index in [1.54, 1.807) is 6.92 Å². The van der Waals surface area contributed by atoms with Gasteiger partial charge in [-0.15, -0.1) is 0 Å². The first kappa shape index (κ1) is 10.2. The molecule has 1 aromatic carbocycles. The Balaban J connectivity index is 3.25. The second kappa shape index (κ2) is 3.86. The first-order chi connectivity index (χ1) is 6.07. The molecule has 0 heterocycles.